The Morgan fingerprint density at radius 1 is 1.17 bits per heavy atom. The summed E-state index contributed by atoms with van der Waals surface area (Å²) in [4.78, 5) is 11.2. The molecule has 2 fully saturated rings. The topological polar surface area (TPSA) is 63.3 Å². The van der Waals surface area contributed by atoms with E-state index in [2.05, 4.69) is 24.3 Å². The van der Waals surface area contributed by atoms with Gasteiger partial charge in [0.1, 0.15) is 6.04 Å². The van der Waals surface area contributed by atoms with Gasteiger partial charge in [-0.3, -0.25) is 4.79 Å². The molecule has 96 valence electrons. The van der Waals surface area contributed by atoms with Gasteiger partial charge in [0, 0.05) is 0 Å². The highest BCUT2D eigenvalue weighted by Gasteiger charge is 2.58. The minimum atomic E-state index is -0.847. The number of hydrogen-bond donors (Lipinski definition) is 2. The van der Waals surface area contributed by atoms with Crippen molar-refractivity contribution in [3.05, 3.63) is 35.9 Å². The molecular weight excluding hydrogens is 226 g/mol. The molecule has 1 aromatic carbocycles. The van der Waals surface area contributed by atoms with Gasteiger partial charge in [-0.05, 0) is 48.5 Å². The predicted molar refractivity (Wildman–Crippen MR) is 69.2 cm³/mol. The van der Waals surface area contributed by atoms with Gasteiger partial charge < -0.3 is 10.8 Å². The lowest BCUT2D eigenvalue weighted by Gasteiger charge is -2.30. The molecule has 0 amide bonds. The highest BCUT2D eigenvalue weighted by atomic mass is 16.4. The van der Waals surface area contributed by atoms with Crippen molar-refractivity contribution in [3.8, 4) is 0 Å². The average molecular weight is 245 g/mol. The highest BCUT2D eigenvalue weighted by Crippen LogP contribution is 2.63. The number of rotatable bonds is 3. The third kappa shape index (κ3) is 1.50. The number of carbonyl (C=O) groups is 1. The number of carboxylic acids is 1. The Morgan fingerprint density at radius 2 is 1.78 bits per heavy atom. The van der Waals surface area contributed by atoms with Crippen LogP contribution < -0.4 is 5.73 Å². The second-order valence-corrected chi connectivity index (χ2v) is 6.00. The van der Waals surface area contributed by atoms with Crippen molar-refractivity contribution < 1.29 is 9.90 Å². The lowest BCUT2D eigenvalue weighted by atomic mass is 9.76. The predicted octanol–water partition coefficient (Wildman–Crippen LogP) is 2.30. The van der Waals surface area contributed by atoms with Crippen LogP contribution in [0.1, 0.15) is 37.7 Å². The molecule has 2 saturated carbocycles. The van der Waals surface area contributed by atoms with E-state index < -0.39 is 12.0 Å². The average Bonchev–Trinajstić information content (AvgIpc) is 2.97. The van der Waals surface area contributed by atoms with Crippen molar-refractivity contribution >= 4 is 5.97 Å². The molecular formula is C15H19NO2. The largest absolute Gasteiger partial charge is 0.480 e. The molecule has 3 N–H and O–H groups in total. The van der Waals surface area contributed by atoms with Gasteiger partial charge in [-0.25, -0.2) is 0 Å². The first-order chi connectivity index (χ1) is 8.58. The second-order valence-electron chi connectivity index (χ2n) is 6.00. The fraction of sp³-hybridized carbons (Fsp3) is 0.533. The van der Waals surface area contributed by atoms with Crippen LogP contribution in [0.15, 0.2) is 30.3 Å². The van der Waals surface area contributed by atoms with Gasteiger partial charge in [-0.1, -0.05) is 30.3 Å². The maximum absolute atomic E-state index is 11.2. The summed E-state index contributed by atoms with van der Waals surface area (Å²) in [5, 5.41) is 9.19. The quantitative estimate of drug-likeness (QED) is 0.858. The molecule has 2 aliphatic rings. The van der Waals surface area contributed by atoms with Crippen LogP contribution in [0.25, 0.3) is 0 Å². The van der Waals surface area contributed by atoms with E-state index in [1.807, 2.05) is 6.07 Å². The maximum Gasteiger partial charge on any atom is 0.321 e. The van der Waals surface area contributed by atoms with Crippen LogP contribution in [0.2, 0.25) is 0 Å². The van der Waals surface area contributed by atoms with Gasteiger partial charge in [0.2, 0.25) is 0 Å². The van der Waals surface area contributed by atoms with E-state index in [9.17, 15) is 9.90 Å². The van der Waals surface area contributed by atoms with Gasteiger partial charge in [-0.2, -0.15) is 0 Å². The van der Waals surface area contributed by atoms with Crippen LogP contribution in [0.4, 0.5) is 0 Å². The molecule has 2 bridgehead atoms. The number of carboxylic acid groups (broad SMARTS) is 1. The second kappa shape index (κ2) is 3.82. The summed E-state index contributed by atoms with van der Waals surface area (Å²) in [6.07, 6.45) is 5.01. The number of fused-ring (bicyclic) bond motifs is 2. The number of aliphatic carboxylic acids is 1. The Bertz CT molecular complexity index is 461. The van der Waals surface area contributed by atoms with E-state index in [1.165, 1.54) is 5.56 Å². The summed E-state index contributed by atoms with van der Waals surface area (Å²) in [6.45, 7) is 0. The zero-order valence-corrected chi connectivity index (χ0v) is 10.4. The minimum absolute atomic E-state index is 0.165. The summed E-state index contributed by atoms with van der Waals surface area (Å²) in [5.74, 6) is -0.847. The molecule has 3 heteroatoms. The van der Waals surface area contributed by atoms with Crippen LogP contribution in [0.3, 0.4) is 0 Å². The van der Waals surface area contributed by atoms with Crippen LogP contribution in [0, 0.1) is 5.41 Å². The monoisotopic (exact) mass is 245 g/mol. The van der Waals surface area contributed by atoms with Crippen molar-refractivity contribution in [3.63, 3.8) is 0 Å². The standard InChI is InChI=1S/C15H19NO2/c16-12(13(17)18)15-8-6-14(10-15,7-9-15)11-4-2-1-3-5-11/h1-5,12H,6-10,16H2,(H,17,18). The Morgan fingerprint density at radius 3 is 2.33 bits per heavy atom. The van der Waals surface area contributed by atoms with Crippen molar-refractivity contribution in [2.75, 3.05) is 0 Å². The molecule has 1 atom stereocenters. The third-order valence-corrected chi connectivity index (χ3v) is 5.21. The van der Waals surface area contributed by atoms with E-state index in [0.717, 1.165) is 32.1 Å². The zero-order valence-electron chi connectivity index (χ0n) is 10.4. The number of benzene rings is 1. The van der Waals surface area contributed by atoms with E-state index in [-0.39, 0.29) is 10.8 Å². The van der Waals surface area contributed by atoms with E-state index in [0.29, 0.717) is 0 Å². The number of nitrogens with two attached hydrogens (primary N) is 1. The van der Waals surface area contributed by atoms with Gasteiger partial charge in [0.25, 0.3) is 0 Å². The molecule has 1 unspecified atom stereocenters. The molecule has 0 spiro atoms. The molecule has 0 radical (unpaired) electrons. The molecule has 0 heterocycles. The summed E-state index contributed by atoms with van der Waals surface area (Å²) in [7, 11) is 0. The maximum atomic E-state index is 11.2. The molecule has 0 aromatic heterocycles. The lowest BCUT2D eigenvalue weighted by Crippen LogP contribution is -2.45. The highest BCUT2D eigenvalue weighted by molar-refractivity contribution is 5.74. The summed E-state index contributed by atoms with van der Waals surface area (Å²) >= 11 is 0. The van der Waals surface area contributed by atoms with Crippen LogP contribution in [-0.2, 0) is 10.2 Å². The Balaban J connectivity index is 1.91. The third-order valence-electron chi connectivity index (χ3n) is 5.21. The lowest BCUT2D eigenvalue weighted by molar-refractivity contribution is -0.141. The molecule has 1 aromatic rings. The Kier molecular flexibility index (Phi) is 2.49. The minimum Gasteiger partial charge on any atom is -0.480 e. The van der Waals surface area contributed by atoms with Crippen molar-refractivity contribution in [2.45, 2.75) is 43.6 Å². The van der Waals surface area contributed by atoms with Gasteiger partial charge in [0.15, 0.2) is 0 Å². The van der Waals surface area contributed by atoms with Crippen LogP contribution in [0.5, 0.6) is 0 Å². The first-order valence-electron chi connectivity index (χ1n) is 6.62. The Hall–Kier alpha value is -1.35. The molecule has 3 rings (SSSR count). The van der Waals surface area contributed by atoms with Crippen molar-refractivity contribution in [1.82, 2.24) is 0 Å². The summed E-state index contributed by atoms with van der Waals surface area (Å²) in [5.41, 5.74) is 7.32. The Labute approximate surface area is 107 Å². The first kappa shape index (κ1) is 11.7. The van der Waals surface area contributed by atoms with E-state index in [4.69, 9.17) is 5.73 Å². The van der Waals surface area contributed by atoms with E-state index >= 15 is 0 Å². The van der Waals surface area contributed by atoms with E-state index in [1.54, 1.807) is 0 Å². The molecule has 0 saturated heterocycles. The fourth-order valence-electron chi connectivity index (χ4n) is 4.12. The van der Waals surface area contributed by atoms with Crippen molar-refractivity contribution in [1.29, 1.82) is 0 Å². The van der Waals surface area contributed by atoms with Gasteiger partial charge in [0.05, 0.1) is 0 Å². The van der Waals surface area contributed by atoms with Crippen LogP contribution >= 0.6 is 0 Å². The molecule has 3 nitrogen and oxygen atoms in total. The normalized spacial score (nSPS) is 35.6. The van der Waals surface area contributed by atoms with Crippen molar-refractivity contribution in [2.24, 2.45) is 11.1 Å². The fourth-order valence-corrected chi connectivity index (χ4v) is 4.12. The zero-order chi connectivity index (χ0) is 12.8. The molecule has 2 aliphatic carbocycles. The molecule has 18 heavy (non-hydrogen) atoms. The summed E-state index contributed by atoms with van der Waals surface area (Å²) < 4.78 is 0. The SMILES string of the molecule is NC(C(=O)O)C12CCC(c3ccccc3)(CC1)C2. The van der Waals surface area contributed by atoms with Crippen LogP contribution in [-0.4, -0.2) is 17.1 Å². The van der Waals surface area contributed by atoms with Gasteiger partial charge in [-0.15, -0.1) is 0 Å². The smallest absolute Gasteiger partial charge is 0.321 e. The van der Waals surface area contributed by atoms with Gasteiger partial charge >= 0.3 is 5.97 Å². The summed E-state index contributed by atoms with van der Waals surface area (Å²) in [6, 6.07) is 9.81. The molecule has 0 aliphatic heterocycles. The first-order valence-corrected chi connectivity index (χ1v) is 6.62. The number of hydrogen-bond acceptors (Lipinski definition) is 2.